The van der Waals surface area contributed by atoms with Gasteiger partial charge in [-0.1, -0.05) is 0 Å². The van der Waals surface area contributed by atoms with Crippen LogP contribution in [0.2, 0.25) is 0 Å². The Hall–Kier alpha value is -1.25. The number of ether oxygens (including phenoxy) is 1. The Bertz CT molecular complexity index is 410. The lowest BCUT2D eigenvalue weighted by atomic mass is 10.2. The first-order valence-corrected chi connectivity index (χ1v) is 6.15. The lowest BCUT2D eigenvalue weighted by Gasteiger charge is -2.19. The number of methoxy groups -OCH3 is 1. The monoisotopic (exact) mass is 237 g/mol. The van der Waals surface area contributed by atoms with Crippen LogP contribution in [0.25, 0.3) is 0 Å². The molecule has 0 radical (unpaired) electrons. The molecule has 1 aromatic heterocycles. The van der Waals surface area contributed by atoms with E-state index in [2.05, 4.69) is 11.4 Å². The van der Waals surface area contributed by atoms with Crippen LogP contribution in [0.1, 0.15) is 24.1 Å². The molecular formula is C11H15N3OS. The van der Waals surface area contributed by atoms with Gasteiger partial charge in [0.2, 0.25) is 0 Å². The largest absolute Gasteiger partial charge is 0.397 e. The number of rotatable bonds is 3. The van der Waals surface area contributed by atoms with Crippen molar-refractivity contribution in [1.82, 2.24) is 0 Å². The molecule has 5 heteroatoms. The van der Waals surface area contributed by atoms with Crippen LogP contribution in [-0.2, 0) is 4.74 Å². The molecule has 1 saturated carbocycles. The summed E-state index contributed by atoms with van der Waals surface area (Å²) in [6, 6.07) is 4.26. The van der Waals surface area contributed by atoms with Gasteiger partial charge in [0.1, 0.15) is 10.9 Å². The van der Waals surface area contributed by atoms with E-state index in [0.717, 1.165) is 17.8 Å². The lowest BCUT2D eigenvalue weighted by Crippen LogP contribution is -2.29. The molecule has 1 aromatic rings. The Balaban J connectivity index is 2.06. The van der Waals surface area contributed by atoms with Crippen molar-refractivity contribution in [1.29, 1.82) is 5.26 Å². The molecule has 1 aliphatic carbocycles. The zero-order chi connectivity index (χ0) is 11.5. The first-order valence-electron chi connectivity index (χ1n) is 5.33. The van der Waals surface area contributed by atoms with E-state index in [1.54, 1.807) is 7.11 Å². The summed E-state index contributed by atoms with van der Waals surface area (Å²) >= 11 is 1.41. The Morgan fingerprint density at radius 1 is 1.62 bits per heavy atom. The van der Waals surface area contributed by atoms with Crippen molar-refractivity contribution in [2.24, 2.45) is 0 Å². The fourth-order valence-electron chi connectivity index (χ4n) is 2.12. The molecule has 4 nitrogen and oxygen atoms in total. The molecule has 2 rings (SSSR count). The molecule has 2 unspecified atom stereocenters. The maximum Gasteiger partial charge on any atom is 0.129 e. The molecule has 2 atom stereocenters. The number of nitrogens with zero attached hydrogens (tertiary/aromatic N) is 1. The summed E-state index contributed by atoms with van der Waals surface area (Å²) in [5.74, 6) is 0. The molecule has 3 N–H and O–H groups in total. The highest BCUT2D eigenvalue weighted by Gasteiger charge is 2.27. The Morgan fingerprint density at radius 3 is 3.06 bits per heavy atom. The molecule has 1 heterocycles. The van der Waals surface area contributed by atoms with Crippen molar-refractivity contribution < 1.29 is 4.74 Å². The van der Waals surface area contributed by atoms with Crippen molar-refractivity contribution in [3.8, 4) is 6.07 Å². The van der Waals surface area contributed by atoms with E-state index in [0.29, 0.717) is 16.6 Å². The summed E-state index contributed by atoms with van der Waals surface area (Å²) in [4.78, 5) is 0.578. The van der Waals surface area contributed by atoms with Crippen LogP contribution in [0.3, 0.4) is 0 Å². The number of thiophene rings is 1. The minimum Gasteiger partial charge on any atom is -0.397 e. The van der Waals surface area contributed by atoms with E-state index in [1.807, 2.05) is 6.07 Å². The van der Waals surface area contributed by atoms with E-state index in [9.17, 15) is 0 Å². The highest BCUT2D eigenvalue weighted by atomic mass is 32.1. The topological polar surface area (TPSA) is 71.1 Å². The number of hydrogen-bond donors (Lipinski definition) is 2. The number of nitrogens with one attached hydrogen (secondary N) is 1. The summed E-state index contributed by atoms with van der Waals surface area (Å²) in [5, 5.41) is 13.2. The number of nitrogen functional groups attached to an aromatic ring is 1. The molecule has 0 bridgehead atoms. The third-order valence-electron chi connectivity index (χ3n) is 2.95. The molecule has 0 spiro atoms. The predicted molar refractivity (Wildman–Crippen MR) is 65.5 cm³/mol. The fraction of sp³-hybridized carbons (Fsp3) is 0.545. The maximum atomic E-state index is 8.82. The van der Waals surface area contributed by atoms with E-state index in [1.165, 1.54) is 17.8 Å². The molecule has 16 heavy (non-hydrogen) atoms. The van der Waals surface area contributed by atoms with Crippen LogP contribution in [-0.4, -0.2) is 19.3 Å². The summed E-state index contributed by atoms with van der Waals surface area (Å²) in [6.45, 7) is 0. The molecule has 0 amide bonds. The highest BCUT2D eigenvalue weighted by Crippen LogP contribution is 2.32. The van der Waals surface area contributed by atoms with E-state index in [4.69, 9.17) is 15.7 Å². The van der Waals surface area contributed by atoms with Crippen molar-refractivity contribution in [2.45, 2.75) is 31.4 Å². The Morgan fingerprint density at radius 2 is 2.44 bits per heavy atom. The van der Waals surface area contributed by atoms with Crippen LogP contribution in [0.5, 0.6) is 0 Å². The van der Waals surface area contributed by atoms with Gasteiger partial charge in [-0.25, -0.2) is 0 Å². The Kier molecular flexibility index (Phi) is 3.32. The molecule has 1 aliphatic rings. The first kappa shape index (κ1) is 11.2. The van der Waals surface area contributed by atoms with Gasteiger partial charge in [0.25, 0.3) is 0 Å². The van der Waals surface area contributed by atoms with Crippen molar-refractivity contribution >= 4 is 22.0 Å². The highest BCUT2D eigenvalue weighted by molar-refractivity contribution is 7.17. The molecule has 0 aromatic carbocycles. The first-order chi connectivity index (χ1) is 7.74. The molecular weight excluding hydrogens is 222 g/mol. The fourth-order valence-corrected chi connectivity index (χ4v) is 2.96. The zero-order valence-corrected chi connectivity index (χ0v) is 10.0. The van der Waals surface area contributed by atoms with Crippen LogP contribution >= 0.6 is 11.3 Å². The number of anilines is 2. The number of nitriles is 1. The lowest BCUT2D eigenvalue weighted by molar-refractivity contribution is 0.101. The number of hydrogen-bond acceptors (Lipinski definition) is 5. The Labute approximate surface area is 99.0 Å². The quantitative estimate of drug-likeness (QED) is 0.845. The maximum absolute atomic E-state index is 8.82. The van der Waals surface area contributed by atoms with Gasteiger partial charge in [0.15, 0.2) is 0 Å². The van der Waals surface area contributed by atoms with Crippen LogP contribution in [0.15, 0.2) is 6.07 Å². The molecule has 1 fully saturated rings. The minimum atomic E-state index is 0.272. The van der Waals surface area contributed by atoms with Gasteiger partial charge in [-0.3, -0.25) is 0 Å². The second-order valence-electron chi connectivity index (χ2n) is 3.96. The third-order valence-corrected chi connectivity index (χ3v) is 3.93. The van der Waals surface area contributed by atoms with Gasteiger partial charge < -0.3 is 15.8 Å². The smallest absolute Gasteiger partial charge is 0.129 e. The van der Waals surface area contributed by atoms with Crippen molar-refractivity contribution in [2.75, 3.05) is 18.2 Å². The van der Waals surface area contributed by atoms with Gasteiger partial charge in [0.05, 0.1) is 22.8 Å². The van der Waals surface area contributed by atoms with Gasteiger partial charge in [0, 0.05) is 7.11 Å². The SMILES string of the molecule is COC1CCCC1Nc1cc(N)c(C#N)s1. The second-order valence-corrected chi connectivity index (χ2v) is 5.02. The van der Waals surface area contributed by atoms with Gasteiger partial charge in [-0.15, -0.1) is 11.3 Å². The van der Waals surface area contributed by atoms with Crippen molar-refractivity contribution in [3.05, 3.63) is 10.9 Å². The third kappa shape index (κ3) is 2.13. The van der Waals surface area contributed by atoms with E-state index in [-0.39, 0.29) is 6.10 Å². The summed E-state index contributed by atoms with van der Waals surface area (Å²) in [7, 11) is 1.74. The summed E-state index contributed by atoms with van der Waals surface area (Å²) in [5.41, 5.74) is 6.27. The van der Waals surface area contributed by atoms with Gasteiger partial charge >= 0.3 is 0 Å². The van der Waals surface area contributed by atoms with Gasteiger partial charge in [-0.2, -0.15) is 5.26 Å². The predicted octanol–water partition coefficient (Wildman–Crippen LogP) is 2.18. The van der Waals surface area contributed by atoms with Crippen LogP contribution in [0, 0.1) is 11.3 Å². The van der Waals surface area contributed by atoms with Crippen LogP contribution in [0.4, 0.5) is 10.7 Å². The second kappa shape index (κ2) is 4.73. The normalized spacial score (nSPS) is 24.2. The average Bonchev–Trinajstić information content (AvgIpc) is 2.85. The van der Waals surface area contributed by atoms with Crippen molar-refractivity contribution in [3.63, 3.8) is 0 Å². The summed E-state index contributed by atoms with van der Waals surface area (Å²) < 4.78 is 5.41. The molecule has 0 saturated heterocycles. The minimum absolute atomic E-state index is 0.272. The molecule has 86 valence electrons. The number of nitrogens with two attached hydrogens (primary N) is 1. The van der Waals surface area contributed by atoms with Gasteiger partial charge in [-0.05, 0) is 25.3 Å². The average molecular weight is 237 g/mol. The standard InChI is InChI=1S/C11H15N3OS/c1-15-9-4-2-3-8(9)14-11-5-7(13)10(6-12)16-11/h5,8-9,14H,2-4,13H2,1H3. The molecule has 0 aliphatic heterocycles. The zero-order valence-electron chi connectivity index (χ0n) is 9.19. The van der Waals surface area contributed by atoms with E-state index < -0.39 is 0 Å². The van der Waals surface area contributed by atoms with Crippen LogP contribution < -0.4 is 11.1 Å². The van der Waals surface area contributed by atoms with E-state index >= 15 is 0 Å². The summed E-state index contributed by atoms with van der Waals surface area (Å²) in [6.07, 6.45) is 3.66.